The van der Waals surface area contributed by atoms with Gasteiger partial charge in [0.25, 0.3) is 0 Å². The number of benzene rings is 1. The first-order chi connectivity index (χ1) is 10.1. The van der Waals surface area contributed by atoms with Gasteiger partial charge >= 0.3 is 6.09 Å². The van der Waals surface area contributed by atoms with Crippen LogP contribution in [0.15, 0.2) is 62.2 Å². The molecule has 0 spiro atoms. The lowest BCUT2D eigenvalue weighted by Crippen LogP contribution is -2.33. The van der Waals surface area contributed by atoms with Crippen molar-refractivity contribution in [1.82, 2.24) is 4.90 Å². The van der Waals surface area contributed by atoms with Crippen LogP contribution in [-0.2, 0) is 4.79 Å². The van der Waals surface area contributed by atoms with Crippen molar-refractivity contribution in [3.63, 3.8) is 0 Å². The number of rotatable bonds is 7. The zero-order chi connectivity index (χ0) is 15.7. The summed E-state index contributed by atoms with van der Waals surface area (Å²) < 4.78 is 5.25. The summed E-state index contributed by atoms with van der Waals surface area (Å²) in [7, 11) is 0. The molecular weight excluding hydrogens is 268 g/mol. The molecule has 0 radical (unpaired) electrons. The maximum Gasteiger partial charge on any atom is 0.415 e. The molecule has 0 atom stereocenters. The van der Waals surface area contributed by atoms with Crippen LogP contribution < -0.4 is 10.1 Å². The fourth-order valence-electron chi connectivity index (χ4n) is 1.53. The van der Waals surface area contributed by atoms with Crippen molar-refractivity contribution in [3.05, 3.63) is 62.2 Å². The van der Waals surface area contributed by atoms with Gasteiger partial charge in [0, 0.05) is 24.8 Å². The number of ether oxygens (including phenoxy) is 1. The zero-order valence-corrected chi connectivity index (χ0v) is 11.7. The summed E-state index contributed by atoms with van der Waals surface area (Å²) in [5, 5.41) is 2.59. The maximum atomic E-state index is 12.0. The molecule has 1 N–H and O–H groups in total. The Balaban J connectivity index is 2.77. The van der Waals surface area contributed by atoms with Gasteiger partial charge in [0.15, 0.2) is 0 Å². The second-order valence-electron chi connectivity index (χ2n) is 4.07. The van der Waals surface area contributed by atoms with Crippen LogP contribution in [0.4, 0.5) is 10.5 Å². The molecule has 0 fully saturated rings. The number of nitrogens with zero attached hydrogens (tertiary/aromatic N) is 1. The molecule has 5 heteroatoms. The van der Waals surface area contributed by atoms with Crippen LogP contribution in [0.5, 0.6) is 5.75 Å². The zero-order valence-electron chi connectivity index (χ0n) is 11.7. The molecule has 1 rings (SSSR count). The minimum atomic E-state index is -0.512. The van der Waals surface area contributed by atoms with E-state index in [1.165, 1.54) is 4.90 Å². The number of hydrogen-bond acceptors (Lipinski definition) is 3. The number of anilines is 1. The van der Waals surface area contributed by atoms with Gasteiger partial charge in [-0.1, -0.05) is 24.8 Å². The molecule has 0 unspecified atom stereocenters. The molecule has 21 heavy (non-hydrogen) atoms. The second-order valence-corrected chi connectivity index (χ2v) is 4.07. The van der Waals surface area contributed by atoms with Gasteiger partial charge < -0.3 is 15.0 Å². The first kappa shape index (κ1) is 16.2. The smallest absolute Gasteiger partial charge is 0.410 e. The first-order valence-corrected chi connectivity index (χ1v) is 6.32. The number of carbonyl (C=O) groups is 2. The van der Waals surface area contributed by atoms with E-state index in [2.05, 4.69) is 25.1 Å². The van der Waals surface area contributed by atoms with Crippen LogP contribution in [0.3, 0.4) is 0 Å². The molecule has 0 heterocycles. The van der Waals surface area contributed by atoms with E-state index in [9.17, 15) is 9.59 Å². The van der Waals surface area contributed by atoms with E-state index in [0.29, 0.717) is 24.5 Å². The number of carbonyl (C=O) groups excluding carboxylic acids is 2. The highest BCUT2D eigenvalue weighted by molar-refractivity contribution is 5.99. The SMILES string of the molecule is C=CCN(CC=C)C(=O)Oc1cccc(NC(=O)C=C)c1. The number of hydrogen-bond donors (Lipinski definition) is 1. The Hall–Kier alpha value is -2.82. The highest BCUT2D eigenvalue weighted by Gasteiger charge is 2.13. The monoisotopic (exact) mass is 286 g/mol. The van der Waals surface area contributed by atoms with Crippen molar-refractivity contribution in [2.24, 2.45) is 0 Å². The predicted octanol–water partition coefficient (Wildman–Crippen LogP) is 2.98. The van der Waals surface area contributed by atoms with Gasteiger partial charge in [0.2, 0.25) is 5.91 Å². The van der Waals surface area contributed by atoms with Gasteiger partial charge in [0.1, 0.15) is 5.75 Å². The van der Waals surface area contributed by atoms with Crippen molar-refractivity contribution >= 4 is 17.7 Å². The van der Waals surface area contributed by atoms with E-state index in [1.54, 1.807) is 36.4 Å². The van der Waals surface area contributed by atoms with E-state index >= 15 is 0 Å². The van der Waals surface area contributed by atoms with Crippen LogP contribution in [-0.4, -0.2) is 30.0 Å². The Labute approximate surface area is 124 Å². The lowest BCUT2D eigenvalue weighted by Gasteiger charge is -2.18. The molecule has 0 bridgehead atoms. The summed E-state index contributed by atoms with van der Waals surface area (Å²) in [5.74, 6) is -0.00148. The highest BCUT2D eigenvalue weighted by Crippen LogP contribution is 2.18. The summed E-state index contributed by atoms with van der Waals surface area (Å²) in [6, 6.07) is 6.54. The summed E-state index contributed by atoms with van der Waals surface area (Å²) in [6.07, 6.45) is 3.85. The molecule has 0 saturated heterocycles. The molecule has 0 saturated carbocycles. The van der Waals surface area contributed by atoms with Crippen molar-refractivity contribution in [2.75, 3.05) is 18.4 Å². The van der Waals surface area contributed by atoms with E-state index in [1.807, 2.05) is 0 Å². The van der Waals surface area contributed by atoms with Gasteiger partial charge in [0.05, 0.1) is 0 Å². The Morgan fingerprint density at radius 3 is 2.43 bits per heavy atom. The number of nitrogens with one attached hydrogen (secondary N) is 1. The second kappa shape index (κ2) is 8.37. The van der Waals surface area contributed by atoms with Gasteiger partial charge in [-0.3, -0.25) is 4.79 Å². The Morgan fingerprint density at radius 1 is 1.19 bits per heavy atom. The van der Waals surface area contributed by atoms with Gasteiger partial charge in [-0.25, -0.2) is 4.79 Å². The Morgan fingerprint density at radius 2 is 1.86 bits per heavy atom. The molecule has 0 aliphatic rings. The lowest BCUT2D eigenvalue weighted by atomic mass is 10.3. The normalized spacial score (nSPS) is 9.33. The van der Waals surface area contributed by atoms with Gasteiger partial charge in [-0.15, -0.1) is 13.2 Å². The third kappa shape index (κ3) is 5.36. The van der Waals surface area contributed by atoms with Gasteiger partial charge in [-0.05, 0) is 18.2 Å². The standard InChI is InChI=1S/C16H18N2O3/c1-4-10-18(11-5-2)16(20)21-14-9-7-8-13(12-14)17-15(19)6-3/h4-9,12H,1-3,10-11H2,(H,17,19). The summed E-state index contributed by atoms with van der Waals surface area (Å²) in [4.78, 5) is 24.7. The summed E-state index contributed by atoms with van der Waals surface area (Å²) in [6.45, 7) is 11.3. The average Bonchev–Trinajstić information content (AvgIpc) is 2.47. The lowest BCUT2D eigenvalue weighted by molar-refractivity contribution is -0.111. The van der Waals surface area contributed by atoms with Crippen molar-refractivity contribution in [3.8, 4) is 5.75 Å². The van der Waals surface area contributed by atoms with Crippen LogP contribution in [0, 0.1) is 0 Å². The molecule has 0 aromatic heterocycles. The number of amides is 2. The minimum Gasteiger partial charge on any atom is -0.410 e. The van der Waals surface area contributed by atoms with E-state index in [-0.39, 0.29) is 5.91 Å². The quantitative estimate of drug-likeness (QED) is 0.619. The Bertz CT molecular complexity index is 542. The molecule has 1 aromatic rings. The summed E-state index contributed by atoms with van der Waals surface area (Å²) >= 11 is 0. The maximum absolute atomic E-state index is 12.0. The molecule has 0 aliphatic carbocycles. The third-order valence-electron chi connectivity index (χ3n) is 2.45. The van der Waals surface area contributed by atoms with Crippen LogP contribution in [0.25, 0.3) is 0 Å². The van der Waals surface area contributed by atoms with Gasteiger partial charge in [-0.2, -0.15) is 0 Å². The van der Waals surface area contributed by atoms with Crippen molar-refractivity contribution in [2.45, 2.75) is 0 Å². The molecule has 1 aromatic carbocycles. The van der Waals surface area contributed by atoms with E-state index < -0.39 is 6.09 Å². The fraction of sp³-hybridized carbons (Fsp3) is 0.125. The van der Waals surface area contributed by atoms with Crippen LogP contribution in [0.1, 0.15) is 0 Å². The highest BCUT2D eigenvalue weighted by atomic mass is 16.6. The van der Waals surface area contributed by atoms with E-state index in [4.69, 9.17) is 4.74 Å². The third-order valence-corrected chi connectivity index (χ3v) is 2.45. The molecular formula is C16H18N2O3. The van der Waals surface area contributed by atoms with Crippen molar-refractivity contribution < 1.29 is 14.3 Å². The molecule has 110 valence electrons. The molecule has 2 amide bonds. The topological polar surface area (TPSA) is 58.6 Å². The summed E-state index contributed by atoms with van der Waals surface area (Å²) in [5.41, 5.74) is 0.518. The largest absolute Gasteiger partial charge is 0.415 e. The first-order valence-electron chi connectivity index (χ1n) is 6.32. The average molecular weight is 286 g/mol. The van der Waals surface area contributed by atoms with Crippen LogP contribution in [0.2, 0.25) is 0 Å². The molecule has 5 nitrogen and oxygen atoms in total. The molecule has 0 aliphatic heterocycles. The Kier molecular flexibility index (Phi) is 6.47. The van der Waals surface area contributed by atoms with Crippen molar-refractivity contribution in [1.29, 1.82) is 0 Å². The predicted molar refractivity (Wildman–Crippen MR) is 83.3 cm³/mol. The minimum absolute atomic E-state index is 0.333. The fourth-order valence-corrected chi connectivity index (χ4v) is 1.53. The van der Waals surface area contributed by atoms with E-state index in [0.717, 1.165) is 6.08 Å². The van der Waals surface area contributed by atoms with Crippen LogP contribution >= 0.6 is 0 Å².